The van der Waals surface area contributed by atoms with E-state index in [0.717, 1.165) is 12.5 Å². The molecule has 0 aliphatic carbocycles. The van der Waals surface area contributed by atoms with Gasteiger partial charge in [0.15, 0.2) is 0 Å². The molecule has 2 bridgehead atoms. The molecule has 2 saturated heterocycles. The smallest absolute Gasteiger partial charge is 0.129 e. The second-order valence-electron chi connectivity index (χ2n) is 6.96. The summed E-state index contributed by atoms with van der Waals surface area (Å²) in [4.78, 5) is 4.13. The van der Waals surface area contributed by atoms with Crippen molar-refractivity contribution in [3.8, 4) is 0 Å². The Morgan fingerprint density at radius 1 is 1.10 bits per heavy atom. The van der Waals surface area contributed by atoms with Crippen LogP contribution in [0.4, 0.5) is 0 Å². The van der Waals surface area contributed by atoms with E-state index in [1.54, 1.807) is 0 Å². The van der Waals surface area contributed by atoms with Crippen LogP contribution in [0.15, 0.2) is 18.3 Å². The second-order valence-corrected chi connectivity index (χ2v) is 7.34. The Bertz CT molecular complexity index is 435. The van der Waals surface area contributed by atoms with E-state index in [0.29, 0.717) is 10.7 Å². The summed E-state index contributed by atoms with van der Waals surface area (Å²) in [5, 5.41) is 4.44. The summed E-state index contributed by atoms with van der Waals surface area (Å²) in [6, 6.07) is 4.84. The predicted molar refractivity (Wildman–Crippen MR) is 88.8 cm³/mol. The second kappa shape index (κ2) is 7.11. The summed E-state index contributed by atoms with van der Waals surface area (Å²) in [7, 11) is 0. The molecule has 3 heteroatoms. The van der Waals surface area contributed by atoms with Gasteiger partial charge in [-0.25, -0.2) is 4.98 Å². The highest BCUT2D eigenvalue weighted by atomic mass is 35.5. The lowest BCUT2D eigenvalue weighted by molar-refractivity contribution is 0.342. The van der Waals surface area contributed by atoms with Crippen LogP contribution in [0.2, 0.25) is 5.15 Å². The molecule has 0 aromatic carbocycles. The van der Waals surface area contributed by atoms with Crippen molar-refractivity contribution in [2.24, 2.45) is 0 Å². The maximum atomic E-state index is 5.79. The molecule has 3 rings (SSSR count). The van der Waals surface area contributed by atoms with Crippen LogP contribution in [0, 0.1) is 0 Å². The molecule has 21 heavy (non-hydrogen) atoms. The molecule has 0 unspecified atom stereocenters. The Hall–Kier alpha value is -0.600. The fourth-order valence-electron chi connectivity index (χ4n) is 4.09. The van der Waals surface area contributed by atoms with Gasteiger partial charge >= 0.3 is 0 Å². The standard InChI is InChI=1S/C18H27ClN2/c19-17-8-7-15(14-20-17)6-4-2-1-3-5-11-18-12-9-16(21-18)10-13-18/h7-8,14,16,21H,1-6,9-13H2. The van der Waals surface area contributed by atoms with Crippen LogP contribution in [0.5, 0.6) is 0 Å². The molecule has 1 aromatic rings. The number of hydrogen-bond acceptors (Lipinski definition) is 2. The van der Waals surface area contributed by atoms with E-state index in [2.05, 4.69) is 16.4 Å². The Labute approximate surface area is 133 Å². The number of pyridine rings is 1. The van der Waals surface area contributed by atoms with Crippen LogP contribution in [0.1, 0.15) is 69.8 Å². The highest BCUT2D eigenvalue weighted by Gasteiger charge is 2.43. The van der Waals surface area contributed by atoms with Crippen LogP contribution in [0.3, 0.4) is 0 Å². The summed E-state index contributed by atoms with van der Waals surface area (Å²) in [6.07, 6.45) is 17.0. The average molecular weight is 307 g/mol. The fraction of sp³-hybridized carbons (Fsp3) is 0.722. The van der Waals surface area contributed by atoms with Crippen LogP contribution in [-0.2, 0) is 6.42 Å². The molecule has 0 saturated carbocycles. The molecule has 116 valence electrons. The minimum absolute atomic E-state index is 0.555. The Morgan fingerprint density at radius 3 is 2.52 bits per heavy atom. The van der Waals surface area contributed by atoms with Gasteiger partial charge in [0.05, 0.1) is 0 Å². The summed E-state index contributed by atoms with van der Waals surface area (Å²) in [6.45, 7) is 0. The number of fused-ring (bicyclic) bond motifs is 2. The monoisotopic (exact) mass is 306 g/mol. The van der Waals surface area contributed by atoms with E-state index in [1.807, 2.05) is 12.3 Å². The molecular formula is C18H27ClN2. The topological polar surface area (TPSA) is 24.9 Å². The molecule has 0 atom stereocenters. The zero-order valence-electron chi connectivity index (χ0n) is 12.9. The van der Waals surface area contributed by atoms with E-state index < -0.39 is 0 Å². The van der Waals surface area contributed by atoms with Crippen molar-refractivity contribution in [2.75, 3.05) is 0 Å². The molecule has 2 aliphatic heterocycles. The molecule has 1 aromatic heterocycles. The van der Waals surface area contributed by atoms with Gasteiger partial charge in [-0.15, -0.1) is 0 Å². The SMILES string of the molecule is Clc1ccc(CCCCCCCC23CCC(CC2)N3)cn1. The van der Waals surface area contributed by atoms with Crippen LogP contribution >= 0.6 is 11.6 Å². The minimum Gasteiger partial charge on any atom is -0.308 e. The highest BCUT2D eigenvalue weighted by molar-refractivity contribution is 6.29. The molecule has 0 spiro atoms. The van der Waals surface area contributed by atoms with E-state index in [4.69, 9.17) is 11.6 Å². The third-order valence-corrected chi connectivity index (χ3v) is 5.59. The Kier molecular flexibility index (Phi) is 5.18. The first-order chi connectivity index (χ1) is 10.3. The van der Waals surface area contributed by atoms with Crippen molar-refractivity contribution in [1.29, 1.82) is 0 Å². The van der Waals surface area contributed by atoms with Crippen LogP contribution < -0.4 is 5.32 Å². The van der Waals surface area contributed by atoms with E-state index in [1.165, 1.54) is 69.8 Å². The normalized spacial score (nSPS) is 27.4. The van der Waals surface area contributed by atoms with Gasteiger partial charge in [0.25, 0.3) is 0 Å². The molecule has 1 N–H and O–H groups in total. The third kappa shape index (κ3) is 4.20. The zero-order valence-corrected chi connectivity index (χ0v) is 13.7. The number of aryl methyl sites for hydroxylation is 1. The predicted octanol–water partition coefficient (Wildman–Crippen LogP) is 4.90. The first kappa shape index (κ1) is 15.3. The number of halogens is 1. The van der Waals surface area contributed by atoms with E-state index in [-0.39, 0.29) is 0 Å². The molecule has 0 amide bonds. The maximum Gasteiger partial charge on any atom is 0.129 e. The molecular weight excluding hydrogens is 280 g/mol. The summed E-state index contributed by atoms with van der Waals surface area (Å²) < 4.78 is 0. The largest absolute Gasteiger partial charge is 0.308 e. The van der Waals surface area contributed by atoms with Gasteiger partial charge in [-0.1, -0.05) is 43.4 Å². The first-order valence-electron chi connectivity index (χ1n) is 8.64. The van der Waals surface area contributed by atoms with Crippen molar-refractivity contribution in [1.82, 2.24) is 10.3 Å². The summed E-state index contributed by atoms with van der Waals surface area (Å²) in [5.41, 5.74) is 1.87. The van der Waals surface area contributed by atoms with Gasteiger partial charge in [0, 0.05) is 17.8 Å². The van der Waals surface area contributed by atoms with Gasteiger partial charge in [0.2, 0.25) is 0 Å². The zero-order chi connectivity index (χ0) is 14.5. The average Bonchev–Trinajstić information content (AvgIpc) is 3.09. The molecule has 3 heterocycles. The van der Waals surface area contributed by atoms with E-state index in [9.17, 15) is 0 Å². The lowest BCUT2D eigenvalue weighted by Crippen LogP contribution is -2.35. The maximum absolute atomic E-state index is 5.79. The van der Waals surface area contributed by atoms with Gasteiger partial charge in [0.1, 0.15) is 5.15 Å². The minimum atomic E-state index is 0.555. The van der Waals surface area contributed by atoms with E-state index >= 15 is 0 Å². The fourth-order valence-corrected chi connectivity index (χ4v) is 4.20. The molecule has 2 aliphatic rings. The Balaban J connectivity index is 1.23. The number of rotatable bonds is 8. The van der Waals surface area contributed by atoms with Crippen LogP contribution in [0.25, 0.3) is 0 Å². The number of unbranched alkanes of at least 4 members (excludes halogenated alkanes) is 4. The van der Waals surface area contributed by atoms with Gasteiger partial charge in [-0.05, 0) is 56.6 Å². The number of hydrogen-bond donors (Lipinski definition) is 1. The molecule has 2 fully saturated rings. The third-order valence-electron chi connectivity index (χ3n) is 5.36. The lowest BCUT2D eigenvalue weighted by atomic mass is 9.84. The van der Waals surface area contributed by atoms with Crippen molar-refractivity contribution >= 4 is 11.6 Å². The first-order valence-corrected chi connectivity index (χ1v) is 9.02. The number of nitrogens with zero attached hydrogens (tertiary/aromatic N) is 1. The summed E-state index contributed by atoms with van der Waals surface area (Å²) >= 11 is 5.79. The number of nitrogens with one attached hydrogen (secondary N) is 1. The quantitative estimate of drug-likeness (QED) is 0.545. The summed E-state index contributed by atoms with van der Waals surface area (Å²) in [5.74, 6) is 0. The van der Waals surface area contributed by atoms with Crippen LogP contribution in [-0.4, -0.2) is 16.6 Å². The van der Waals surface area contributed by atoms with Gasteiger partial charge in [-0.2, -0.15) is 0 Å². The van der Waals surface area contributed by atoms with Gasteiger partial charge in [-0.3, -0.25) is 0 Å². The van der Waals surface area contributed by atoms with Crippen molar-refractivity contribution < 1.29 is 0 Å². The van der Waals surface area contributed by atoms with Crippen molar-refractivity contribution in [3.63, 3.8) is 0 Å². The highest BCUT2D eigenvalue weighted by Crippen LogP contribution is 2.40. The van der Waals surface area contributed by atoms with Crippen molar-refractivity contribution in [2.45, 2.75) is 82.2 Å². The Morgan fingerprint density at radius 2 is 1.86 bits per heavy atom. The molecule has 2 nitrogen and oxygen atoms in total. The lowest BCUT2D eigenvalue weighted by Gasteiger charge is -2.25. The number of aromatic nitrogens is 1. The van der Waals surface area contributed by atoms with Crippen molar-refractivity contribution in [3.05, 3.63) is 29.0 Å². The molecule has 0 radical (unpaired) electrons. The van der Waals surface area contributed by atoms with Gasteiger partial charge < -0.3 is 5.32 Å².